The zero-order valence-electron chi connectivity index (χ0n) is 84.8. The number of nitrogens with zero attached hydrogens (tertiary/aromatic N) is 3. The molecule has 0 bridgehead atoms. The summed E-state index contributed by atoms with van der Waals surface area (Å²) in [6, 6.07) is -12.6. The van der Waals surface area contributed by atoms with E-state index in [4.69, 9.17) is 28.3 Å². The summed E-state index contributed by atoms with van der Waals surface area (Å²) in [6.45, 7) is 12.7. The maximum Gasteiger partial charge on any atom is 0.326 e. The number of hydrogen-bond donors (Lipinski definition) is 31. The van der Waals surface area contributed by atoms with Gasteiger partial charge in [-0.1, -0.05) is 92.1 Å². The molecular formula is C95H142N28O25S2. The number of carbonyl (C=O) groups is 21. The van der Waals surface area contributed by atoms with Crippen LogP contribution < -0.4 is 113 Å². The minimum Gasteiger partial charge on any atom is -0.508 e. The summed E-state index contributed by atoms with van der Waals surface area (Å²) in [5.74, 6) is -25.2. The van der Waals surface area contributed by atoms with Gasteiger partial charge in [0.25, 0.3) is 0 Å². The molecule has 0 unspecified atom stereocenters. The van der Waals surface area contributed by atoms with Gasteiger partial charge in [-0.05, 0) is 118 Å². The van der Waals surface area contributed by atoms with Gasteiger partial charge in [0.1, 0.15) is 96.4 Å². The van der Waals surface area contributed by atoms with E-state index in [-0.39, 0.29) is 114 Å². The first-order chi connectivity index (χ1) is 70.9. The number of carbonyl (C=O) groups excluding carboxylic acids is 19. The maximum atomic E-state index is 15.1. The normalized spacial score (nSPS) is 15.7. The summed E-state index contributed by atoms with van der Waals surface area (Å²) < 4.78 is 0. The molecule has 55 heteroatoms. The molecule has 0 radical (unpaired) electrons. The van der Waals surface area contributed by atoms with E-state index in [0.29, 0.717) is 39.8 Å². The predicted molar refractivity (Wildman–Crippen MR) is 547 cm³/mol. The summed E-state index contributed by atoms with van der Waals surface area (Å²) in [5, 5.41) is 92.6. The number of phenols is 1. The van der Waals surface area contributed by atoms with Crippen molar-refractivity contribution in [1.29, 1.82) is 5.41 Å². The van der Waals surface area contributed by atoms with Gasteiger partial charge in [0.15, 0.2) is 5.96 Å². The van der Waals surface area contributed by atoms with Crippen molar-refractivity contribution in [1.82, 2.24) is 120 Å². The number of fused-ring (bicyclic) bond motifs is 1. The van der Waals surface area contributed by atoms with Gasteiger partial charge in [-0.15, -0.1) is 0 Å². The molecule has 1 aliphatic heterocycles. The lowest BCUT2D eigenvalue weighted by molar-refractivity contribution is -0.143. The van der Waals surface area contributed by atoms with E-state index in [1.165, 1.54) is 60.4 Å². The minimum absolute atomic E-state index is 0.00651. The molecule has 2 aromatic carbocycles. The van der Waals surface area contributed by atoms with Gasteiger partial charge in [0, 0.05) is 104 Å². The van der Waals surface area contributed by atoms with Crippen LogP contribution in [-0.2, 0) is 126 Å². The molecule has 824 valence electrons. The minimum atomic E-state index is -2.04. The number of rotatable bonds is 65. The second-order valence-corrected chi connectivity index (χ2v) is 38.6. The molecule has 0 spiro atoms. The molecule has 1 aliphatic rings. The van der Waals surface area contributed by atoms with Crippen LogP contribution in [0.4, 0.5) is 0 Å². The number of guanidine groups is 1. The molecule has 53 nitrogen and oxygen atoms in total. The van der Waals surface area contributed by atoms with Crippen LogP contribution in [0, 0.1) is 29.1 Å². The van der Waals surface area contributed by atoms with Crippen molar-refractivity contribution < 1.29 is 121 Å². The number of aliphatic hydroxyl groups excluding tert-OH is 1. The van der Waals surface area contributed by atoms with Gasteiger partial charge in [0.05, 0.1) is 44.3 Å². The van der Waals surface area contributed by atoms with E-state index in [1.54, 1.807) is 79.7 Å². The van der Waals surface area contributed by atoms with Gasteiger partial charge in [0.2, 0.25) is 112 Å². The number of imidazole rings is 2. The molecule has 19 amide bonds. The highest BCUT2D eigenvalue weighted by molar-refractivity contribution is 7.80. The van der Waals surface area contributed by atoms with Crippen molar-refractivity contribution >= 4 is 166 Å². The highest BCUT2D eigenvalue weighted by Gasteiger charge is 2.44. The van der Waals surface area contributed by atoms with Crippen LogP contribution in [-0.4, -0.2) is 321 Å². The Balaban J connectivity index is 1.17. The second-order valence-electron chi connectivity index (χ2n) is 37.9. The maximum absolute atomic E-state index is 15.1. The lowest BCUT2D eigenvalue weighted by atomic mass is 9.96. The quantitative estimate of drug-likeness (QED) is 0.00745. The first kappa shape index (κ1) is 124. The van der Waals surface area contributed by atoms with Gasteiger partial charge in [-0.3, -0.25) is 101 Å². The Labute approximate surface area is 875 Å². The number of nitrogens with one attached hydrogen (secondary N) is 21. The molecular weight excluding hydrogens is 2000 g/mol. The van der Waals surface area contributed by atoms with E-state index >= 15 is 9.59 Å². The average Bonchev–Trinajstić information content (AvgIpc) is 1.70. The number of carboxylic acid groups (broad SMARTS) is 2. The number of carboxylic acids is 2. The Hall–Kier alpha value is -15.0. The fourth-order valence-corrected chi connectivity index (χ4v) is 16.5. The van der Waals surface area contributed by atoms with Crippen LogP contribution in [0.1, 0.15) is 168 Å². The topological polar surface area (TPSA) is 848 Å². The molecule has 1 fully saturated rings. The van der Waals surface area contributed by atoms with Crippen LogP contribution in [0.15, 0.2) is 79.8 Å². The van der Waals surface area contributed by atoms with E-state index in [0.717, 1.165) is 6.92 Å². The molecule has 18 atom stereocenters. The van der Waals surface area contributed by atoms with Crippen molar-refractivity contribution in [2.45, 2.75) is 274 Å². The SMILES string of the molecule is CC[C@H](C)[C@H](NC(=O)[C@H](CCCNC(=N)N)NC(=O)[C@@H](NC(=O)[C@H](CC(C)C)NC(=O)[C@H](CC(C)C)NC(=O)[C@H](CC(=O)O)NC(=O)[C@H](Cc1c[nH]c2ccccc12)NC(=O)CNC(=O)[C@H](CS)NC(=O)[C@H](CCC(N)=O)NC(=O)CNC(=O)[C@H](CCC(N)=O)NC(=O)[C@@H](N)Cc1cnc[nH]1)[C@@H](C)O)C(=O)N[C@@H](Cc1ccc(O)cc1)C(=O)N[C@@H](CC(C)C)C(=O)N1CCC[C@H]1C(=O)N[C@@H](CS)C(=O)N[C@@H](Cc1cnc[nH]1)C(=O)O. The van der Waals surface area contributed by atoms with Crippen molar-refractivity contribution in [2.24, 2.45) is 46.6 Å². The smallest absolute Gasteiger partial charge is 0.326 e. The van der Waals surface area contributed by atoms with Gasteiger partial charge in [-0.2, -0.15) is 25.3 Å². The third kappa shape index (κ3) is 41.6. The number of thiol groups is 2. The van der Waals surface area contributed by atoms with E-state index in [1.807, 2.05) is 0 Å². The lowest BCUT2D eigenvalue weighted by Gasteiger charge is -2.32. The molecule has 0 saturated carbocycles. The molecule has 5 aromatic rings. The summed E-state index contributed by atoms with van der Waals surface area (Å²) in [4.78, 5) is 309. The molecule has 4 heterocycles. The Bertz CT molecular complexity index is 5480. The molecule has 3 aromatic heterocycles. The van der Waals surface area contributed by atoms with Gasteiger partial charge < -0.3 is 154 Å². The number of para-hydroxylation sites is 1. The predicted octanol–water partition coefficient (Wildman–Crippen LogP) is -6.29. The Morgan fingerprint density at radius 1 is 0.473 bits per heavy atom. The number of benzene rings is 2. The highest BCUT2D eigenvalue weighted by Crippen LogP contribution is 2.25. The van der Waals surface area contributed by atoms with Crippen molar-refractivity contribution in [3.63, 3.8) is 0 Å². The van der Waals surface area contributed by atoms with E-state index in [9.17, 15) is 112 Å². The summed E-state index contributed by atoms with van der Waals surface area (Å²) in [7, 11) is 0. The van der Waals surface area contributed by atoms with Gasteiger partial charge >= 0.3 is 11.9 Å². The second kappa shape index (κ2) is 61.7. The Morgan fingerprint density at radius 3 is 1.45 bits per heavy atom. The average molecular weight is 2140 g/mol. The fourth-order valence-electron chi connectivity index (χ4n) is 16.0. The molecule has 6 rings (SSSR count). The lowest BCUT2D eigenvalue weighted by Crippen LogP contribution is -2.63. The number of primary amides is 2. The number of aliphatic hydroxyl groups is 1. The third-order valence-electron chi connectivity index (χ3n) is 24.1. The summed E-state index contributed by atoms with van der Waals surface area (Å²) in [5.41, 5.74) is 24.6. The fraction of sp³-hybridized carbons (Fsp3) is 0.558. The monoisotopic (exact) mass is 2140 g/mol. The molecule has 1 saturated heterocycles. The van der Waals surface area contributed by atoms with Crippen molar-refractivity contribution in [3.05, 3.63) is 102 Å². The molecule has 150 heavy (non-hydrogen) atoms. The largest absolute Gasteiger partial charge is 0.508 e. The van der Waals surface area contributed by atoms with Crippen LogP contribution in [0.25, 0.3) is 10.9 Å². The third-order valence-corrected chi connectivity index (χ3v) is 24.9. The zero-order chi connectivity index (χ0) is 111. The highest BCUT2D eigenvalue weighted by atomic mass is 32.1. The Kier molecular flexibility index (Phi) is 50.8. The van der Waals surface area contributed by atoms with Crippen molar-refractivity contribution in [3.8, 4) is 5.75 Å². The number of aromatic hydroxyl groups is 1. The number of likely N-dealkylation sites (tertiary alicyclic amines) is 1. The number of H-pyrrole nitrogens is 3. The van der Waals surface area contributed by atoms with Crippen LogP contribution in [0.5, 0.6) is 5.75 Å². The molecule has 33 N–H and O–H groups in total. The van der Waals surface area contributed by atoms with Gasteiger partial charge in [-0.25, -0.2) is 14.8 Å². The number of aromatic amines is 3. The van der Waals surface area contributed by atoms with Crippen LogP contribution >= 0.6 is 25.3 Å². The number of nitrogens with two attached hydrogens (primary N) is 4. The van der Waals surface area contributed by atoms with Crippen molar-refractivity contribution in [2.75, 3.05) is 37.7 Å². The number of aromatic nitrogens is 5. The zero-order valence-corrected chi connectivity index (χ0v) is 86.6. The number of hydrogen-bond acceptors (Lipinski definition) is 29. The summed E-state index contributed by atoms with van der Waals surface area (Å²) >= 11 is 8.45. The number of phenolic OH excluding ortho intramolecular Hbond substituents is 1. The van der Waals surface area contributed by atoms with E-state index in [2.05, 4.69) is 141 Å². The Morgan fingerprint density at radius 2 is 0.913 bits per heavy atom. The summed E-state index contributed by atoms with van der Waals surface area (Å²) in [6.07, 6.45) is 1.41. The number of amides is 19. The van der Waals surface area contributed by atoms with Crippen LogP contribution in [0.2, 0.25) is 0 Å². The van der Waals surface area contributed by atoms with E-state index < -0.39 is 289 Å². The first-order valence-electron chi connectivity index (χ1n) is 49.0. The van der Waals surface area contributed by atoms with Crippen LogP contribution in [0.3, 0.4) is 0 Å². The first-order valence-corrected chi connectivity index (χ1v) is 50.3. The number of aliphatic carboxylic acids is 2. The molecule has 0 aliphatic carbocycles. The standard InChI is InChI=1S/C95H142N28O25S2/c1-10-49(8)77(91(144)116-64(32-51-19-21-55(125)22-20-51)85(138)117-67(31-48(6)7)93(146)123-28-14-18-71(123)90(143)120-70(43-150)89(142)118-68(94(147)148)35-54-39-102-45-108-54)121-83(136)59(17-13-27-103-95(99)100)112-92(145)78(50(9)124)122-88(141)63(30-47(4)5)114-84(137)62(29-46(2)3)113-87(140)66(36-76(130)131)115-86(139)65(33-52-37-104-58-16-12-11-15-56(52)58)110-75(129)41-106-81(134)69(42-149)119-82(135)61(24-26-73(98)127)109-74(128)40-105-80(133)60(23-25-72(97)126)111-79(132)57(96)34-53-38-101-44-107-53/h11-12,15-16,19-22,37-39,44-50,57,59-71,77-78,104,124-125,149-150H,10,13-14,17-18,23-36,40-43,96H2,1-9H3,(H2,97,126)(H2,98,127)(H,101,107)(H,102,108)(H,105,133)(H,106,134)(H,109,128)(H,110,129)(H,111,132)(H,112,145)(H,113,140)(H,114,137)(H,115,139)(H,116,144)(H,117,138)(H,118,142)(H,119,135)(H,120,143)(H,121,136)(H,122,141)(H,130,131)(H,147,148)(H4,99,100,103)/t49-,50+,57-,59-,60-,61-,62-,63-,64-,65-,66-,67-,68-,69-,70-,71-,77-,78-/m0/s1.